The number of carbonyl (C=O) groups excluding carboxylic acids is 1. The van der Waals surface area contributed by atoms with Crippen molar-refractivity contribution in [2.75, 3.05) is 18.6 Å². The Labute approximate surface area is 188 Å². The highest BCUT2D eigenvalue weighted by Gasteiger charge is 2.24. The number of anilines is 2. The largest absolute Gasteiger partial charge is 0.479 e. The number of benzene rings is 3. The van der Waals surface area contributed by atoms with Crippen LogP contribution in [0.3, 0.4) is 0 Å². The molecule has 0 aromatic heterocycles. The highest BCUT2D eigenvalue weighted by molar-refractivity contribution is 6.05. The average Bonchev–Trinajstić information content (AvgIpc) is 2.93. The van der Waals surface area contributed by atoms with Crippen LogP contribution in [0.25, 0.3) is 0 Å². The van der Waals surface area contributed by atoms with Gasteiger partial charge in [-0.05, 0) is 47.7 Å². The molecule has 5 nitrogen and oxygen atoms in total. The van der Waals surface area contributed by atoms with Gasteiger partial charge in [-0.3, -0.25) is 4.79 Å². The molecule has 3 aromatic carbocycles. The van der Waals surface area contributed by atoms with E-state index in [1.54, 1.807) is 0 Å². The first-order valence-electron chi connectivity index (χ1n) is 10.9. The monoisotopic (exact) mass is 429 g/mol. The predicted molar refractivity (Wildman–Crippen MR) is 125 cm³/mol. The van der Waals surface area contributed by atoms with Crippen molar-refractivity contribution in [1.82, 2.24) is 0 Å². The van der Waals surface area contributed by atoms with E-state index in [0.717, 1.165) is 47.5 Å². The number of ether oxygens (including phenoxy) is 1. The molecule has 0 fully saturated rings. The van der Waals surface area contributed by atoms with Crippen LogP contribution in [-0.4, -0.2) is 36.6 Å². The van der Waals surface area contributed by atoms with Crippen LogP contribution in [0, 0.1) is 0 Å². The number of hydrogen-bond acceptors (Lipinski definition) is 4. The fourth-order valence-corrected chi connectivity index (χ4v) is 4.28. The Morgan fingerprint density at radius 3 is 2.34 bits per heavy atom. The molecule has 5 heteroatoms. The number of para-hydroxylation sites is 2. The molecule has 1 unspecified atom stereocenters. The fourth-order valence-electron chi connectivity index (χ4n) is 4.28. The van der Waals surface area contributed by atoms with Crippen molar-refractivity contribution in [3.63, 3.8) is 0 Å². The smallest absolute Gasteiger partial charge is 0.333 e. The van der Waals surface area contributed by atoms with Gasteiger partial charge in [0.25, 0.3) is 0 Å². The highest BCUT2D eigenvalue weighted by Crippen LogP contribution is 2.36. The molecule has 0 saturated carbocycles. The zero-order chi connectivity index (χ0) is 22.5. The molecule has 164 valence electrons. The topological polar surface area (TPSA) is 66.8 Å². The quantitative estimate of drug-likeness (QED) is 0.555. The van der Waals surface area contributed by atoms with E-state index < -0.39 is 12.1 Å². The van der Waals surface area contributed by atoms with Crippen molar-refractivity contribution in [2.45, 2.75) is 31.8 Å². The van der Waals surface area contributed by atoms with Crippen LogP contribution < -0.4 is 4.90 Å². The van der Waals surface area contributed by atoms with Gasteiger partial charge in [0, 0.05) is 37.7 Å². The molecule has 1 N–H and O–H groups in total. The number of carboxylic acid groups (broad SMARTS) is 1. The SMILES string of the molecule is COC(Cc1ccc(CCCN2c3ccccc3CC(=O)c3ccccc32)cc1)C(=O)O. The summed E-state index contributed by atoms with van der Waals surface area (Å²) < 4.78 is 5.02. The number of rotatable bonds is 8. The third-order valence-corrected chi connectivity index (χ3v) is 5.98. The molecule has 0 spiro atoms. The van der Waals surface area contributed by atoms with Gasteiger partial charge in [-0.2, -0.15) is 0 Å². The van der Waals surface area contributed by atoms with Gasteiger partial charge >= 0.3 is 5.97 Å². The average molecular weight is 430 g/mol. The fraction of sp³-hybridized carbons (Fsp3) is 0.259. The molecular formula is C27H27NO4. The molecule has 1 aliphatic heterocycles. The van der Waals surface area contributed by atoms with Crippen LogP contribution in [0.5, 0.6) is 0 Å². The van der Waals surface area contributed by atoms with Gasteiger partial charge in [-0.15, -0.1) is 0 Å². The van der Waals surface area contributed by atoms with E-state index in [4.69, 9.17) is 9.84 Å². The van der Waals surface area contributed by atoms with Gasteiger partial charge < -0.3 is 14.7 Å². The standard InChI is InChI=1S/C27H27NO4/c1-32-26(27(30)31)17-20-14-12-19(13-15-20)7-6-16-28-23-10-4-2-8-21(23)18-25(29)22-9-3-5-11-24(22)28/h2-5,8-15,26H,6-7,16-18H2,1H3,(H,30,31). The number of carboxylic acids is 1. The molecule has 0 bridgehead atoms. The van der Waals surface area contributed by atoms with Crippen molar-refractivity contribution < 1.29 is 19.4 Å². The Morgan fingerprint density at radius 2 is 1.62 bits per heavy atom. The van der Waals surface area contributed by atoms with E-state index in [1.165, 1.54) is 12.7 Å². The molecule has 0 radical (unpaired) electrons. The van der Waals surface area contributed by atoms with Crippen molar-refractivity contribution >= 4 is 23.1 Å². The summed E-state index contributed by atoms with van der Waals surface area (Å²) in [5, 5.41) is 9.15. The van der Waals surface area contributed by atoms with E-state index in [0.29, 0.717) is 12.8 Å². The number of carbonyl (C=O) groups is 2. The minimum Gasteiger partial charge on any atom is -0.479 e. The van der Waals surface area contributed by atoms with Crippen molar-refractivity contribution in [3.8, 4) is 0 Å². The van der Waals surface area contributed by atoms with Gasteiger partial charge in [0.2, 0.25) is 0 Å². The molecule has 32 heavy (non-hydrogen) atoms. The minimum absolute atomic E-state index is 0.155. The number of aryl methyl sites for hydroxylation is 1. The molecule has 0 saturated heterocycles. The zero-order valence-corrected chi connectivity index (χ0v) is 18.2. The summed E-state index contributed by atoms with van der Waals surface area (Å²) in [6.07, 6.45) is 1.76. The lowest BCUT2D eigenvalue weighted by Gasteiger charge is -2.26. The van der Waals surface area contributed by atoms with Crippen LogP contribution in [0.2, 0.25) is 0 Å². The Hall–Kier alpha value is -3.44. The molecule has 1 aliphatic rings. The van der Waals surface area contributed by atoms with Crippen LogP contribution in [0.15, 0.2) is 72.8 Å². The molecule has 3 aromatic rings. The van der Waals surface area contributed by atoms with Crippen LogP contribution >= 0.6 is 0 Å². The van der Waals surface area contributed by atoms with Gasteiger partial charge in [-0.1, -0.05) is 54.6 Å². The Bertz CT molecular complexity index is 1110. The number of nitrogens with zero attached hydrogens (tertiary/aromatic N) is 1. The Kier molecular flexibility index (Phi) is 6.66. The van der Waals surface area contributed by atoms with Crippen LogP contribution in [-0.2, 0) is 28.8 Å². The summed E-state index contributed by atoms with van der Waals surface area (Å²) >= 11 is 0. The Morgan fingerprint density at radius 1 is 0.969 bits per heavy atom. The summed E-state index contributed by atoms with van der Waals surface area (Å²) in [7, 11) is 1.42. The molecule has 4 rings (SSSR count). The highest BCUT2D eigenvalue weighted by atomic mass is 16.5. The normalized spacial score (nSPS) is 13.8. The van der Waals surface area contributed by atoms with E-state index in [1.807, 2.05) is 54.6 Å². The lowest BCUT2D eigenvalue weighted by Crippen LogP contribution is -2.24. The summed E-state index contributed by atoms with van der Waals surface area (Å²) in [6, 6.07) is 24.0. The second kappa shape index (κ2) is 9.79. The van der Waals surface area contributed by atoms with E-state index in [-0.39, 0.29) is 5.78 Å². The Balaban J connectivity index is 1.47. The number of methoxy groups -OCH3 is 1. The van der Waals surface area contributed by atoms with Crippen molar-refractivity contribution in [1.29, 1.82) is 0 Å². The number of Topliss-reactive ketones (excluding diaryl/α,β-unsaturated/α-hetero) is 1. The van der Waals surface area contributed by atoms with E-state index in [9.17, 15) is 9.59 Å². The first-order chi connectivity index (χ1) is 15.6. The number of ketones is 1. The van der Waals surface area contributed by atoms with E-state index >= 15 is 0 Å². The molecule has 1 heterocycles. The first kappa shape index (κ1) is 21.8. The summed E-state index contributed by atoms with van der Waals surface area (Å²) in [5.41, 5.74) is 6.04. The zero-order valence-electron chi connectivity index (χ0n) is 18.2. The van der Waals surface area contributed by atoms with Crippen molar-refractivity contribution in [3.05, 3.63) is 95.1 Å². The van der Waals surface area contributed by atoms with Crippen LogP contribution in [0.1, 0.15) is 33.5 Å². The second-order valence-corrected chi connectivity index (χ2v) is 8.08. The molecule has 0 aliphatic carbocycles. The summed E-state index contributed by atoms with van der Waals surface area (Å²) in [5.74, 6) is -0.796. The maximum absolute atomic E-state index is 12.8. The molecule has 1 atom stereocenters. The summed E-state index contributed by atoms with van der Waals surface area (Å²) in [4.78, 5) is 26.2. The predicted octanol–water partition coefficient (Wildman–Crippen LogP) is 4.84. The van der Waals surface area contributed by atoms with Crippen LogP contribution in [0.4, 0.5) is 11.4 Å². The number of hydrogen-bond donors (Lipinski definition) is 1. The van der Waals surface area contributed by atoms with Gasteiger partial charge in [0.1, 0.15) is 0 Å². The second-order valence-electron chi connectivity index (χ2n) is 8.08. The lowest BCUT2D eigenvalue weighted by molar-refractivity contribution is -0.148. The first-order valence-corrected chi connectivity index (χ1v) is 10.9. The number of fused-ring (bicyclic) bond motifs is 2. The van der Waals surface area contributed by atoms with E-state index in [2.05, 4.69) is 23.1 Å². The molecule has 0 amide bonds. The summed E-state index contributed by atoms with van der Waals surface area (Å²) in [6.45, 7) is 0.799. The third kappa shape index (κ3) is 4.73. The molecular weight excluding hydrogens is 402 g/mol. The van der Waals surface area contributed by atoms with Crippen molar-refractivity contribution in [2.24, 2.45) is 0 Å². The van der Waals surface area contributed by atoms with Gasteiger partial charge in [-0.25, -0.2) is 4.79 Å². The maximum Gasteiger partial charge on any atom is 0.333 e. The minimum atomic E-state index is -0.951. The maximum atomic E-state index is 12.8. The van der Waals surface area contributed by atoms with Gasteiger partial charge in [0.05, 0.1) is 5.69 Å². The van der Waals surface area contributed by atoms with Gasteiger partial charge in [0.15, 0.2) is 11.9 Å². The third-order valence-electron chi connectivity index (χ3n) is 5.98. The lowest BCUT2D eigenvalue weighted by atomic mass is 10.0. The number of aliphatic carboxylic acids is 1.